The highest BCUT2D eigenvalue weighted by Gasteiger charge is 2.14. The Hall–Kier alpha value is -1.03. The highest BCUT2D eigenvalue weighted by Crippen LogP contribution is 2.18. The first-order valence-electron chi connectivity index (χ1n) is 3.63. The second-order valence-electron chi connectivity index (χ2n) is 2.53. The van der Waals surface area contributed by atoms with Crippen molar-refractivity contribution >= 4 is 0 Å². The van der Waals surface area contributed by atoms with E-state index < -0.39 is 11.6 Å². The van der Waals surface area contributed by atoms with E-state index in [0.717, 1.165) is 12.4 Å². The Morgan fingerprint density at radius 1 is 1.33 bits per heavy atom. The Kier molecular flexibility index (Phi) is 2.70. The highest BCUT2D eigenvalue weighted by molar-refractivity contribution is 5.18. The molecule has 1 aromatic rings. The van der Waals surface area contributed by atoms with Crippen molar-refractivity contribution in [3.8, 4) is 0 Å². The normalized spacial score (nSPS) is 13.0. The van der Waals surface area contributed by atoms with Gasteiger partial charge in [-0.15, -0.1) is 0 Å². The molecule has 0 saturated heterocycles. The standard InChI is InChI=1S/C8H10F2N2/c1-5(11-2)8-6(9)3-12-4-7(8)10/h3-5,11H,1-2H3. The average Bonchev–Trinajstić information content (AvgIpc) is 2.03. The van der Waals surface area contributed by atoms with Gasteiger partial charge in [-0.2, -0.15) is 0 Å². The molecule has 0 aromatic carbocycles. The van der Waals surface area contributed by atoms with Crippen LogP contribution in [0.1, 0.15) is 18.5 Å². The predicted molar refractivity (Wildman–Crippen MR) is 41.6 cm³/mol. The summed E-state index contributed by atoms with van der Waals surface area (Å²) in [7, 11) is 1.64. The van der Waals surface area contributed by atoms with Crippen LogP contribution < -0.4 is 5.32 Å². The van der Waals surface area contributed by atoms with Gasteiger partial charge >= 0.3 is 0 Å². The molecule has 0 radical (unpaired) electrons. The quantitative estimate of drug-likeness (QED) is 0.733. The predicted octanol–water partition coefficient (Wildman–Crippen LogP) is 1.64. The third kappa shape index (κ3) is 1.58. The van der Waals surface area contributed by atoms with E-state index in [1.165, 1.54) is 0 Å². The van der Waals surface area contributed by atoms with E-state index in [2.05, 4.69) is 10.3 Å². The fraction of sp³-hybridized carbons (Fsp3) is 0.375. The lowest BCUT2D eigenvalue weighted by Crippen LogP contribution is -2.15. The number of nitrogens with zero attached hydrogens (tertiary/aromatic N) is 1. The topological polar surface area (TPSA) is 24.9 Å². The van der Waals surface area contributed by atoms with Crippen LogP contribution in [0.4, 0.5) is 8.78 Å². The number of aromatic nitrogens is 1. The first-order chi connectivity index (χ1) is 5.66. The molecule has 12 heavy (non-hydrogen) atoms. The van der Waals surface area contributed by atoms with Crippen LogP contribution in [0.15, 0.2) is 12.4 Å². The fourth-order valence-corrected chi connectivity index (χ4v) is 0.979. The Morgan fingerprint density at radius 3 is 2.25 bits per heavy atom. The smallest absolute Gasteiger partial charge is 0.149 e. The summed E-state index contributed by atoms with van der Waals surface area (Å²) in [5, 5.41) is 2.76. The molecular formula is C8H10F2N2. The van der Waals surface area contributed by atoms with E-state index in [-0.39, 0.29) is 11.6 Å². The molecule has 1 N–H and O–H groups in total. The second-order valence-corrected chi connectivity index (χ2v) is 2.53. The number of hydrogen-bond donors (Lipinski definition) is 1. The minimum absolute atomic E-state index is 0.0347. The third-order valence-electron chi connectivity index (χ3n) is 1.76. The van der Waals surface area contributed by atoms with Gasteiger partial charge in [0, 0.05) is 11.6 Å². The van der Waals surface area contributed by atoms with Crippen molar-refractivity contribution in [1.82, 2.24) is 10.3 Å². The van der Waals surface area contributed by atoms with Gasteiger partial charge in [0.15, 0.2) is 0 Å². The molecule has 0 spiro atoms. The molecule has 1 unspecified atom stereocenters. The summed E-state index contributed by atoms with van der Waals surface area (Å²) >= 11 is 0. The second kappa shape index (κ2) is 3.58. The monoisotopic (exact) mass is 172 g/mol. The number of pyridine rings is 1. The Balaban J connectivity index is 3.12. The summed E-state index contributed by atoms with van der Waals surface area (Å²) in [6.45, 7) is 1.68. The molecule has 1 atom stereocenters. The summed E-state index contributed by atoms with van der Waals surface area (Å²) in [4.78, 5) is 3.38. The van der Waals surface area contributed by atoms with Crippen LogP contribution in [0.3, 0.4) is 0 Å². The molecule has 0 aliphatic rings. The molecule has 0 fully saturated rings. The molecule has 0 aliphatic carbocycles. The molecule has 4 heteroatoms. The van der Waals surface area contributed by atoms with Crippen molar-refractivity contribution in [2.24, 2.45) is 0 Å². The zero-order valence-electron chi connectivity index (χ0n) is 6.94. The van der Waals surface area contributed by atoms with Crippen molar-refractivity contribution in [1.29, 1.82) is 0 Å². The van der Waals surface area contributed by atoms with Crippen molar-refractivity contribution in [3.05, 3.63) is 29.6 Å². The largest absolute Gasteiger partial charge is 0.313 e. The van der Waals surface area contributed by atoms with Crippen LogP contribution in [0.25, 0.3) is 0 Å². The molecule has 66 valence electrons. The molecule has 0 saturated carbocycles. The van der Waals surface area contributed by atoms with Crippen LogP contribution in [-0.2, 0) is 0 Å². The van der Waals surface area contributed by atoms with Gasteiger partial charge in [0.1, 0.15) is 11.6 Å². The van der Waals surface area contributed by atoms with E-state index in [1.54, 1.807) is 14.0 Å². The molecular weight excluding hydrogens is 162 g/mol. The lowest BCUT2D eigenvalue weighted by Gasteiger charge is -2.11. The Morgan fingerprint density at radius 2 is 1.83 bits per heavy atom. The van der Waals surface area contributed by atoms with Gasteiger partial charge in [0.2, 0.25) is 0 Å². The van der Waals surface area contributed by atoms with Gasteiger partial charge in [0.25, 0.3) is 0 Å². The zero-order chi connectivity index (χ0) is 9.14. The van der Waals surface area contributed by atoms with E-state index in [4.69, 9.17) is 0 Å². The van der Waals surface area contributed by atoms with Gasteiger partial charge in [-0.05, 0) is 14.0 Å². The third-order valence-corrected chi connectivity index (χ3v) is 1.76. The van der Waals surface area contributed by atoms with Crippen LogP contribution in [0.2, 0.25) is 0 Å². The Bertz CT molecular complexity index is 256. The van der Waals surface area contributed by atoms with Gasteiger partial charge in [0.05, 0.1) is 12.4 Å². The van der Waals surface area contributed by atoms with Crippen molar-refractivity contribution in [3.63, 3.8) is 0 Å². The molecule has 0 amide bonds. The summed E-state index contributed by atoms with van der Waals surface area (Å²) in [6.07, 6.45) is 2.01. The first kappa shape index (κ1) is 9.06. The van der Waals surface area contributed by atoms with Gasteiger partial charge in [-0.3, -0.25) is 4.98 Å². The van der Waals surface area contributed by atoms with Gasteiger partial charge < -0.3 is 5.32 Å². The SMILES string of the molecule is CNC(C)c1c(F)cncc1F. The molecule has 1 aromatic heterocycles. The molecule has 1 heterocycles. The number of hydrogen-bond acceptors (Lipinski definition) is 2. The summed E-state index contributed by atoms with van der Waals surface area (Å²) in [5.74, 6) is -1.23. The van der Waals surface area contributed by atoms with Crippen LogP contribution in [0.5, 0.6) is 0 Å². The lowest BCUT2D eigenvalue weighted by molar-refractivity contribution is 0.503. The zero-order valence-corrected chi connectivity index (χ0v) is 6.94. The average molecular weight is 172 g/mol. The minimum atomic E-state index is -0.614. The molecule has 2 nitrogen and oxygen atoms in total. The Labute approximate surface area is 69.6 Å². The van der Waals surface area contributed by atoms with E-state index >= 15 is 0 Å². The van der Waals surface area contributed by atoms with Crippen molar-refractivity contribution < 1.29 is 8.78 Å². The first-order valence-corrected chi connectivity index (χ1v) is 3.63. The summed E-state index contributed by atoms with van der Waals surface area (Å²) in [5.41, 5.74) is 0.0347. The maximum absolute atomic E-state index is 12.9. The number of halogens is 2. The minimum Gasteiger partial charge on any atom is -0.313 e. The van der Waals surface area contributed by atoms with Crippen molar-refractivity contribution in [2.45, 2.75) is 13.0 Å². The summed E-state index contributed by atoms with van der Waals surface area (Å²) in [6, 6.07) is -0.340. The summed E-state index contributed by atoms with van der Waals surface area (Å²) < 4.78 is 25.9. The van der Waals surface area contributed by atoms with E-state index in [0.29, 0.717) is 0 Å². The van der Waals surface area contributed by atoms with E-state index in [1.807, 2.05) is 0 Å². The van der Waals surface area contributed by atoms with Crippen molar-refractivity contribution in [2.75, 3.05) is 7.05 Å². The van der Waals surface area contributed by atoms with Crippen LogP contribution in [0, 0.1) is 11.6 Å². The maximum atomic E-state index is 12.9. The van der Waals surface area contributed by atoms with Gasteiger partial charge in [-0.25, -0.2) is 8.78 Å². The van der Waals surface area contributed by atoms with Crippen LogP contribution in [-0.4, -0.2) is 12.0 Å². The highest BCUT2D eigenvalue weighted by atomic mass is 19.1. The number of rotatable bonds is 2. The van der Waals surface area contributed by atoms with E-state index in [9.17, 15) is 8.78 Å². The van der Waals surface area contributed by atoms with Crippen LogP contribution >= 0.6 is 0 Å². The maximum Gasteiger partial charge on any atom is 0.149 e. The lowest BCUT2D eigenvalue weighted by atomic mass is 10.1. The fourth-order valence-electron chi connectivity index (χ4n) is 0.979. The molecule has 0 aliphatic heterocycles. The number of nitrogens with one attached hydrogen (secondary N) is 1. The molecule has 1 rings (SSSR count). The van der Waals surface area contributed by atoms with Gasteiger partial charge in [-0.1, -0.05) is 0 Å². The molecule has 0 bridgehead atoms.